The van der Waals surface area contributed by atoms with Crippen LogP contribution in [0, 0.1) is 0 Å². The summed E-state index contributed by atoms with van der Waals surface area (Å²) in [7, 11) is 1.73. The van der Waals surface area contributed by atoms with Crippen molar-refractivity contribution in [1.82, 2.24) is 4.90 Å². The highest BCUT2D eigenvalue weighted by Crippen LogP contribution is 2.36. The Morgan fingerprint density at radius 1 is 1.17 bits per heavy atom. The Morgan fingerprint density at radius 3 is 2.52 bits per heavy atom. The lowest BCUT2D eigenvalue weighted by Crippen LogP contribution is -2.48. The van der Waals surface area contributed by atoms with Gasteiger partial charge in [0.05, 0.1) is 25.4 Å². The molecule has 124 valence electrons. The highest BCUT2D eigenvalue weighted by molar-refractivity contribution is 5.88. The van der Waals surface area contributed by atoms with Gasteiger partial charge in [-0.2, -0.15) is 0 Å². The van der Waals surface area contributed by atoms with Gasteiger partial charge in [-0.25, -0.2) is 0 Å². The van der Waals surface area contributed by atoms with Crippen molar-refractivity contribution in [2.45, 2.75) is 32.1 Å². The second-order valence-corrected chi connectivity index (χ2v) is 6.37. The van der Waals surface area contributed by atoms with Gasteiger partial charge in [0.15, 0.2) is 0 Å². The Kier molecular flexibility index (Phi) is 4.85. The number of nitrogens with two attached hydrogens (primary N) is 1. The lowest BCUT2D eigenvalue weighted by molar-refractivity contribution is -0.0799. The Labute approximate surface area is 138 Å². The largest absolute Gasteiger partial charge is 0.496 e. The summed E-state index contributed by atoms with van der Waals surface area (Å²) in [6.07, 6.45) is 0.433. The third-order valence-corrected chi connectivity index (χ3v) is 4.60. The molecule has 1 aliphatic rings. The smallest absolute Gasteiger partial charge is 0.124 e. The van der Waals surface area contributed by atoms with Crippen molar-refractivity contribution < 1.29 is 9.47 Å². The fourth-order valence-corrected chi connectivity index (χ4v) is 3.72. The molecule has 2 aromatic rings. The number of benzene rings is 2. The van der Waals surface area contributed by atoms with Gasteiger partial charge in [0.1, 0.15) is 5.75 Å². The second kappa shape index (κ2) is 6.87. The number of ether oxygens (including phenoxy) is 2. The Bertz CT molecular complexity index is 663. The molecule has 23 heavy (non-hydrogen) atoms. The van der Waals surface area contributed by atoms with Crippen LogP contribution < -0.4 is 10.5 Å². The van der Waals surface area contributed by atoms with E-state index in [1.54, 1.807) is 7.11 Å². The van der Waals surface area contributed by atoms with Gasteiger partial charge in [-0.1, -0.05) is 30.3 Å². The summed E-state index contributed by atoms with van der Waals surface area (Å²) < 4.78 is 11.5. The zero-order valence-corrected chi connectivity index (χ0v) is 14.2. The summed E-state index contributed by atoms with van der Waals surface area (Å²) in [6.45, 7) is 6.58. The average molecular weight is 314 g/mol. The number of morpholine rings is 1. The van der Waals surface area contributed by atoms with Crippen molar-refractivity contribution in [3.05, 3.63) is 42.0 Å². The number of nitrogens with zero attached hydrogens (tertiary/aromatic N) is 1. The van der Waals surface area contributed by atoms with E-state index in [2.05, 4.69) is 49.1 Å². The number of fused-ring (bicyclic) bond motifs is 1. The summed E-state index contributed by atoms with van der Waals surface area (Å²) in [4.78, 5) is 2.43. The van der Waals surface area contributed by atoms with Crippen LogP contribution in [0.15, 0.2) is 36.4 Å². The third-order valence-electron chi connectivity index (χ3n) is 4.60. The molecule has 1 heterocycles. The zero-order chi connectivity index (χ0) is 16.4. The van der Waals surface area contributed by atoms with Crippen molar-refractivity contribution >= 4 is 10.8 Å². The lowest BCUT2D eigenvalue weighted by Gasteiger charge is -2.40. The molecule has 0 aromatic heterocycles. The van der Waals surface area contributed by atoms with E-state index in [4.69, 9.17) is 15.2 Å². The van der Waals surface area contributed by atoms with Crippen molar-refractivity contribution in [3.8, 4) is 5.75 Å². The molecular weight excluding hydrogens is 288 g/mol. The molecule has 1 saturated heterocycles. The predicted octanol–water partition coefficient (Wildman–Crippen LogP) is 2.96. The molecule has 2 N–H and O–H groups in total. The molecule has 3 rings (SSSR count). The molecular formula is C19H26N2O2. The van der Waals surface area contributed by atoms with E-state index in [0.717, 1.165) is 18.8 Å². The highest BCUT2D eigenvalue weighted by atomic mass is 16.5. The van der Waals surface area contributed by atoms with E-state index >= 15 is 0 Å². The molecule has 0 spiro atoms. The quantitative estimate of drug-likeness (QED) is 0.942. The monoisotopic (exact) mass is 314 g/mol. The van der Waals surface area contributed by atoms with Crippen molar-refractivity contribution in [3.63, 3.8) is 0 Å². The first-order valence-corrected chi connectivity index (χ1v) is 8.29. The normalized spacial score (nSPS) is 23.8. The summed E-state index contributed by atoms with van der Waals surface area (Å²) in [5.74, 6) is 0.908. The average Bonchev–Trinajstić information content (AvgIpc) is 2.55. The van der Waals surface area contributed by atoms with E-state index in [0.29, 0.717) is 6.54 Å². The number of methoxy groups -OCH3 is 1. The molecule has 0 saturated carbocycles. The van der Waals surface area contributed by atoms with Gasteiger partial charge in [0, 0.05) is 25.2 Å². The lowest BCUT2D eigenvalue weighted by atomic mass is 9.95. The first-order valence-electron chi connectivity index (χ1n) is 8.29. The van der Waals surface area contributed by atoms with Crippen LogP contribution in [0.3, 0.4) is 0 Å². The fourth-order valence-electron chi connectivity index (χ4n) is 3.72. The molecule has 1 aliphatic heterocycles. The minimum atomic E-state index is 0.129. The molecule has 2 aromatic carbocycles. The standard InChI is InChI=1S/C19H26N2O2/c1-13-11-21(12-14(2)23-13)17(10-20)19-16-7-5-4-6-15(16)8-9-18(19)22-3/h4-9,13-14,17H,10-12,20H2,1-3H3. The van der Waals surface area contributed by atoms with E-state index in [1.807, 2.05) is 6.07 Å². The van der Waals surface area contributed by atoms with Gasteiger partial charge in [0.25, 0.3) is 0 Å². The molecule has 4 heteroatoms. The van der Waals surface area contributed by atoms with Crippen LogP contribution in [0.1, 0.15) is 25.5 Å². The maximum Gasteiger partial charge on any atom is 0.124 e. The third kappa shape index (κ3) is 3.20. The summed E-state index contributed by atoms with van der Waals surface area (Å²) in [6, 6.07) is 12.7. The topological polar surface area (TPSA) is 47.7 Å². The molecule has 0 radical (unpaired) electrons. The minimum Gasteiger partial charge on any atom is -0.496 e. The molecule has 0 amide bonds. The van der Waals surface area contributed by atoms with Gasteiger partial charge < -0.3 is 15.2 Å². The molecule has 3 atom stereocenters. The van der Waals surface area contributed by atoms with E-state index in [9.17, 15) is 0 Å². The first-order chi connectivity index (χ1) is 11.1. The van der Waals surface area contributed by atoms with Crippen LogP contribution in [0.5, 0.6) is 5.75 Å². The summed E-state index contributed by atoms with van der Waals surface area (Å²) in [5, 5.41) is 2.44. The second-order valence-electron chi connectivity index (χ2n) is 6.37. The molecule has 4 nitrogen and oxygen atoms in total. The van der Waals surface area contributed by atoms with Crippen LogP contribution in [0.4, 0.5) is 0 Å². The maximum absolute atomic E-state index is 6.20. The van der Waals surface area contributed by atoms with Crippen LogP contribution in [-0.2, 0) is 4.74 Å². The van der Waals surface area contributed by atoms with Crippen LogP contribution in [0.2, 0.25) is 0 Å². The molecule has 0 aliphatic carbocycles. The molecule has 1 fully saturated rings. The number of hydrogen-bond acceptors (Lipinski definition) is 4. The van der Waals surface area contributed by atoms with E-state index in [-0.39, 0.29) is 18.2 Å². The first kappa shape index (κ1) is 16.2. The van der Waals surface area contributed by atoms with Gasteiger partial charge in [-0.05, 0) is 30.7 Å². The SMILES string of the molecule is COc1ccc2ccccc2c1C(CN)N1CC(C)OC(C)C1. The Balaban J connectivity index is 2.08. The number of hydrogen-bond donors (Lipinski definition) is 1. The van der Waals surface area contributed by atoms with Crippen molar-refractivity contribution in [1.29, 1.82) is 0 Å². The van der Waals surface area contributed by atoms with Gasteiger partial charge >= 0.3 is 0 Å². The van der Waals surface area contributed by atoms with Crippen LogP contribution >= 0.6 is 0 Å². The molecule has 0 bridgehead atoms. The highest BCUT2D eigenvalue weighted by Gasteiger charge is 2.30. The summed E-state index contributed by atoms with van der Waals surface area (Å²) >= 11 is 0. The van der Waals surface area contributed by atoms with Crippen molar-refractivity contribution in [2.75, 3.05) is 26.7 Å². The van der Waals surface area contributed by atoms with E-state index < -0.39 is 0 Å². The fraction of sp³-hybridized carbons (Fsp3) is 0.474. The van der Waals surface area contributed by atoms with Gasteiger partial charge in [0.2, 0.25) is 0 Å². The predicted molar refractivity (Wildman–Crippen MR) is 93.9 cm³/mol. The summed E-state index contributed by atoms with van der Waals surface area (Å²) in [5.41, 5.74) is 7.39. The van der Waals surface area contributed by atoms with Gasteiger partial charge in [-0.3, -0.25) is 4.90 Å². The van der Waals surface area contributed by atoms with Crippen molar-refractivity contribution in [2.24, 2.45) is 5.73 Å². The Hall–Kier alpha value is -1.62. The van der Waals surface area contributed by atoms with Crippen LogP contribution in [-0.4, -0.2) is 43.9 Å². The molecule has 3 unspecified atom stereocenters. The minimum absolute atomic E-state index is 0.129. The van der Waals surface area contributed by atoms with E-state index in [1.165, 1.54) is 16.3 Å². The maximum atomic E-state index is 6.20. The Morgan fingerprint density at radius 2 is 1.87 bits per heavy atom. The van der Waals surface area contributed by atoms with Gasteiger partial charge in [-0.15, -0.1) is 0 Å². The van der Waals surface area contributed by atoms with Crippen LogP contribution in [0.25, 0.3) is 10.8 Å². The number of rotatable bonds is 4. The zero-order valence-electron chi connectivity index (χ0n) is 14.2.